The quantitative estimate of drug-likeness (QED) is 0.331. The average Bonchev–Trinajstić information content (AvgIpc) is 2.26. The van der Waals surface area contributed by atoms with Crippen molar-refractivity contribution in [3.05, 3.63) is 36.0 Å². The molecule has 1 saturated heterocycles. The van der Waals surface area contributed by atoms with Gasteiger partial charge in [0, 0.05) is 0 Å². The molecule has 0 saturated carbocycles. The second kappa shape index (κ2) is 2.77. The van der Waals surface area contributed by atoms with Gasteiger partial charge in [-0.2, -0.15) is 0 Å². The van der Waals surface area contributed by atoms with E-state index in [1.807, 2.05) is 0 Å². The van der Waals surface area contributed by atoms with Gasteiger partial charge in [-0.1, -0.05) is 19.2 Å². The lowest BCUT2D eigenvalue weighted by Crippen LogP contribution is -1.97. The molecule has 1 heterocycles. The molecule has 0 aromatic heterocycles. The molecule has 0 atom stereocenters. The summed E-state index contributed by atoms with van der Waals surface area (Å²) in [6.07, 6.45) is 1.49. The van der Waals surface area contributed by atoms with Crippen LogP contribution in [0.15, 0.2) is 36.0 Å². The summed E-state index contributed by atoms with van der Waals surface area (Å²) in [5.41, 5.74) is 0.947. The number of allylic oxidation sites excluding steroid dienone is 2. The van der Waals surface area contributed by atoms with Crippen molar-refractivity contribution in [3.8, 4) is 0 Å². The van der Waals surface area contributed by atoms with Crippen LogP contribution in [0.4, 0.5) is 0 Å². The number of cyclic esters (lactones) is 2. The minimum absolute atomic E-state index is 0.109. The third-order valence-electron chi connectivity index (χ3n) is 1.64. The van der Waals surface area contributed by atoms with Crippen LogP contribution in [0.5, 0.6) is 0 Å². The Morgan fingerprint density at radius 3 is 2.33 bits per heavy atom. The molecular formula is C9H8O3. The van der Waals surface area contributed by atoms with Crippen molar-refractivity contribution >= 4 is 11.9 Å². The van der Waals surface area contributed by atoms with Gasteiger partial charge in [0.2, 0.25) is 0 Å². The fraction of sp³-hybridized carbons (Fsp3) is 0.111. The fourth-order valence-corrected chi connectivity index (χ4v) is 0.923. The summed E-state index contributed by atoms with van der Waals surface area (Å²) >= 11 is 0. The van der Waals surface area contributed by atoms with Crippen LogP contribution < -0.4 is 0 Å². The lowest BCUT2D eigenvalue weighted by Gasteiger charge is -1.93. The average molecular weight is 164 g/mol. The lowest BCUT2D eigenvalue weighted by molar-refractivity contribution is -0.149. The number of ether oxygens (including phenoxy) is 1. The van der Waals surface area contributed by atoms with Gasteiger partial charge >= 0.3 is 11.9 Å². The first-order chi connectivity index (χ1) is 5.57. The minimum Gasteiger partial charge on any atom is -0.386 e. The minimum atomic E-state index is -0.670. The molecule has 0 radical (unpaired) electrons. The first-order valence-electron chi connectivity index (χ1n) is 3.37. The van der Waals surface area contributed by atoms with Crippen LogP contribution in [0.1, 0.15) is 6.92 Å². The Morgan fingerprint density at radius 2 is 2.00 bits per heavy atom. The Bertz CT molecular complexity index is 321. The second-order valence-corrected chi connectivity index (χ2v) is 2.42. The zero-order valence-corrected chi connectivity index (χ0v) is 6.72. The van der Waals surface area contributed by atoms with Crippen molar-refractivity contribution in [2.45, 2.75) is 6.92 Å². The number of esters is 2. The van der Waals surface area contributed by atoms with Gasteiger partial charge in [0.15, 0.2) is 0 Å². The van der Waals surface area contributed by atoms with Gasteiger partial charge in [-0.15, -0.1) is 0 Å². The van der Waals surface area contributed by atoms with E-state index in [1.54, 1.807) is 6.92 Å². The maximum Gasteiger partial charge on any atom is 0.347 e. The molecule has 0 aromatic carbocycles. The summed E-state index contributed by atoms with van der Waals surface area (Å²) in [4.78, 5) is 21.8. The third kappa shape index (κ3) is 1.09. The zero-order chi connectivity index (χ0) is 9.30. The summed E-state index contributed by atoms with van der Waals surface area (Å²) in [7, 11) is 0. The summed E-state index contributed by atoms with van der Waals surface area (Å²) in [6.45, 7) is 8.59. The van der Waals surface area contributed by atoms with Gasteiger partial charge in [-0.25, -0.2) is 9.59 Å². The molecule has 0 N–H and O–H groups in total. The van der Waals surface area contributed by atoms with Crippen molar-refractivity contribution in [2.75, 3.05) is 0 Å². The molecule has 0 bridgehead atoms. The third-order valence-corrected chi connectivity index (χ3v) is 1.64. The zero-order valence-electron chi connectivity index (χ0n) is 6.72. The summed E-state index contributed by atoms with van der Waals surface area (Å²) < 4.78 is 4.33. The van der Waals surface area contributed by atoms with Crippen LogP contribution in [0.25, 0.3) is 0 Å². The highest BCUT2D eigenvalue weighted by atomic mass is 16.6. The lowest BCUT2D eigenvalue weighted by atomic mass is 10.1. The largest absolute Gasteiger partial charge is 0.386 e. The monoisotopic (exact) mass is 164 g/mol. The highest BCUT2D eigenvalue weighted by Gasteiger charge is 2.32. The predicted molar refractivity (Wildman–Crippen MR) is 43.1 cm³/mol. The number of hydrogen-bond acceptors (Lipinski definition) is 3. The van der Waals surface area contributed by atoms with Gasteiger partial charge < -0.3 is 4.74 Å². The second-order valence-electron chi connectivity index (χ2n) is 2.42. The highest BCUT2D eigenvalue weighted by molar-refractivity contribution is 6.18. The van der Waals surface area contributed by atoms with Crippen LogP contribution in [0.2, 0.25) is 0 Å². The van der Waals surface area contributed by atoms with Gasteiger partial charge in [0.25, 0.3) is 0 Å². The van der Waals surface area contributed by atoms with Gasteiger partial charge in [-0.3, -0.25) is 0 Å². The maximum absolute atomic E-state index is 11.0. The van der Waals surface area contributed by atoms with Crippen LogP contribution in [-0.2, 0) is 14.3 Å². The number of rotatable bonds is 1. The van der Waals surface area contributed by atoms with Gasteiger partial charge in [-0.05, 0) is 12.5 Å². The molecule has 0 amide bonds. The van der Waals surface area contributed by atoms with Crippen molar-refractivity contribution in [3.63, 3.8) is 0 Å². The molecule has 1 rings (SSSR count). The van der Waals surface area contributed by atoms with Crippen LogP contribution >= 0.6 is 0 Å². The van der Waals surface area contributed by atoms with Crippen LogP contribution in [0.3, 0.4) is 0 Å². The Kier molecular flexibility index (Phi) is 1.95. The molecule has 12 heavy (non-hydrogen) atoms. The molecule has 3 heteroatoms. The summed E-state index contributed by atoms with van der Waals surface area (Å²) in [5.74, 6) is -1.31. The normalized spacial score (nSPS) is 20.9. The molecule has 0 unspecified atom stereocenters. The van der Waals surface area contributed by atoms with Crippen molar-refractivity contribution < 1.29 is 14.3 Å². The smallest absolute Gasteiger partial charge is 0.347 e. The molecule has 62 valence electrons. The summed E-state index contributed by atoms with van der Waals surface area (Å²) in [5, 5.41) is 0. The molecule has 1 aliphatic heterocycles. The first kappa shape index (κ1) is 8.46. The fourth-order valence-electron chi connectivity index (χ4n) is 0.923. The van der Waals surface area contributed by atoms with E-state index in [4.69, 9.17) is 0 Å². The highest BCUT2D eigenvalue weighted by Crippen LogP contribution is 2.23. The molecule has 3 nitrogen and oxygen atoms in total. The Labute approximate surface area is 70.0 Å². The van der Waals surface area contributed by atoms with E-state index in [9.17, 15) is 9.59 Å². The molecular weight excluding hydrogens is 156 g/mol. The van der Waals surface area contributed by atoms with E-state index in [-0.39, 0.29) is 11.1 Å². The van der Waals surface area contributed by atoms with E-state index in [2.05, 4.69) is 17.9 Å². The van der Waals surface area contributed by atoms with Gasteiger partial charge in [0.1, 0.15) is 0 Å². The molecule has 1 fully saturated rings. The van der Waals surface area contributed by atoms with Crippen molar-refractivity contribution in [1.82, 2.24) is 0 Å². The van der Waals surface area contributed by atoms with E-state index < -0.39 is 11.9 Å². The van der Waals surface area contributed by atoms with E-state index in [0.717, 1.165) is 0 Å². The Hall–Kier alpha value is -1.64. The molecule has 0 aliphatic carbocycles. The van der Waals surface area contributed by atoms with Crippen molar-refractivity contribution in [2.24, 2.45) is 0 Å². The number of hydrogen-bond donors (Lipinski definition) is 0. The first-order valence-corrected chi connectivity index (χ1v) is 3.37. The van der Waals surface area contributed by atoms with E-state index >= 15 is 0 Å². The number of carbonyl (C=O) groups is 2. The Morgan fingerprint density at radius 1 is 1.42 bits per heavy atom. The predicted octanol–water partition coefficient (Wildman–Crippen LogP) is 1.13. The Balaban J connectivity index is 3.23. The maximum atomic E-state index is 11.0. The van der Waals surface area contributed by atoms with E-state index in [1.165, 1.54) is 6.08 Å². The van der Waals surface area contributed by atoms with Crippen molar-refractivity contribution in [1.29, 1.82) is 0 Å². The SMILES string of the molecule is C=C/C(C)=C1\C(=C)C(=O)OC1=O. The number of carbonyl (C=O) groups excluding carboxylic acids is 2. The summed E-state index contributed by atoms with van der Waals surface area (Å²) in [6, 6.07) is 0. The topological polar surface area (TPSA) is 43.4 Å². The molecule has 1 aliphatic rings. The molecule has 0 aromatic rings. The van der Waals surface area contributed by atoms with E-state index in [0.29, 0.717) is 5.57 Å². The standard InChI is InChI=1S/C9H8O3/c1-4-5(2)7-6(3)8(10)12-9(7)11/h4H,1,3H2,2H3/b7-5+. The van der Waals surface area contributed by atoms with Crippen LogP contribution in [0, 0.1) is 0 Å². The van der Waals surface area contributed by atoms with Crippen LogP contribution in [-0.4, -0.2) is 11.9 Å². The molecule has 0 spiro atoms. The van der Waals surface area contributed by atoms with Gasteiger partial charge in [0.05, 0.1) is 11.1 Å².